The quantitative estimate of drug-likeness (QED) is 0.747. The molecule has 1 unspecified atom stereocenters. The van der Waals surface area contributed by atoms with Gasteiger partial charge in [-0.1, -0.05) is 32.0 Å². The molecule has 0 aliphatic heterocycles. The molecule has 0 amide bonds. The van der Waals surface area contributed by atoms with Crippen molar-refractivity contribution in [2.75, 3.05) is 7.05 Å². The number of hydrogen-bond donors (Lipinski definition) is 1. The summed E-state index contributed by atoms with van der Waals surface area (Å²) in [5.74, 6) is 2.29. The zero-order valence-electron chi connectivity index (χ0n) is 12.8. The second kappa shape index (κ2) is 7.62. The standard InChI is InChI=1S/C18H22BrNO/c1-4-13(2)15-6-8-16(9-7-15)21-18-10-5-14(12-20-3)11-17(18)19/h5-11,13,20H,4,12H2,1-3H3. The maximum absolute atomic E-state index is 5.94. The number of ether oxygens (including phenoxy) is 1. The first kappa shape index (κ1) is 16.1. The topological polar surface area (TPSA) is 21.3 Å². The molecule has 0 radical (unpaired) electrons. The minimum Gasteiger partial charge on any atom is -0.456 e. The van der Waals surface area contributed by atoms with E-state index in [1.54, 1.807) is 0 Å². The molecule has 0 aliphatic carbocycles. The monoisotopic (exact) mass is 347 g/mol. The van der Waals surface area contributed by atoms with Crippen LogP contribution in [0, 0.1) is 0 Å². The van der Waals surface area contributed by atoms with Crippen molar-refractivity contribution < 1.29 is 4.74 Å². The first-order valence-electron chi connectivity index (χ1n) is 7.35. The fourth-order valence-corrected chi connectivity index (χ4v) is 2.68. The third kappa shape index (κ3) is 4.32. The normalized spacial score (nSPS) is 12.2. The summed E-state index contributed by atoms with van der Waals surface area (Å²) >= 11 is 3.57. The highest BCUT2D eigenvalue weighted by Crippen LogP contribution is 2.31. The number of nitrogens with one attached hydrogen (secondary N) is 1. The lowest BCUT2D eigenvalue weighted by Crippen LogP contribution is -2.04. The Hall–Kier alpha value is -1.32. The Morgan fingerprint density at radius 2 is 1.86 bits per heavy atom. The van der Waals surface area contributed by atoms with Gasteiger partial charge in [-0.05, 0) is 70.7 Å². The molecule has 1 N–H and O–H groups in total. The number of benzene rings is 2. The summed E-state index contributed by atoms with van der Waals surface area (Å²) < 4.78 is 6.92. The molecule has 1 atom stereocenters. The van der Waals surface area contributed by atoms with E-state index in [0.717, 1.165) is 28.9 Å². The molecule has 0 aliphatic rings. The summed E-state index contributed by atoms with van der Waals surface area (Å²) in [6.45, 7) is 5.30. The Morgan fingerprint density at radius 1 is 1.14 bits per heavy atom. The lowest BCUT2D eigenvalue weighted by molar-refractivity contribution is 0.479. The van der Waals surface area contributed by atoms with Gasteiger partial charge in [-0.2, -0.15) is 0 Å². The van der Waals surface area contributed by atoms with Gasteiger partial charge in [0.15, 0.2) is 0 Å². The van der Waals surface area contributed by atoms with Crippen LogP contribution < -0.4 is 10.1 Å². The first-order chi connectivity index (χ1) is 10.1. The number of halogens is 1. The Morgan fingerprint density at radius 3 is 2.43 bits per heavy atom. The molecule has 3 heteroatoms. The van der Waals surface area contributed by atoms with Crippen LogP contribution in [-0.4, -0.2) is 7.05 Å². The van der Waals surface area contributed by atoms with E-state index in [1.165, 1.54) is 11.1 Å². The van der Waals surface area contributed by atoms with E-state index < -0.39 is 0 Å². The van der Waals surface area contributed by atoms with Crippen molar-refractivity contribution in [3.05, 3.63) is 58.1 Å². The molecular formula is C18H22BrNO. The third-order valence-corrected chi connectivity index (χ3v) is 4.29. The molecule has 2 aromatic rings. The molecule has 112 valence electrons. The molecule has 0 aromatic heterocycles. The average molecular weight is 348 g/mol. The van der Waals surface area contributed by atoms with Gasteiger partial charge >= 0.3 is 0 Å². The highest BCUT2D eigenvalue weighted by atomic mass is 79.9. The second-order valence-electron chi connectivity index (χ2n) is 5.28. The van der Waals surface area contributed by atoms with E-state index in [-0.39, 0.29) is 0 Å². The lowest BCUT2D eigenvalue weighted by atomic mass is 9.99. The van der Waals surface area contributed by atoms with E-state index >= 15 is 0 Å². The fraction of sp³-hybridized carbons (Fsp3) is 0.333. The van der Waals surface area contributed by atoms with Crippen LogP contribution in [0.5, 0.6) is 11.5 Å². The van der Waals surface area contributed by atoms with Crippen LogP contribution >= 0.6 is 15.9 Å². The molecule has 0 fully saturated rings. The van der Waals surface area contributed by atoms with Crippen molar-refractivity contribution >= 4 is 15.9 Å². The number of rotatable bonds is 6. The van der Waals surface area contributed by atoms with E-state index in [9.17, 15) is 0 Å². The van der Waals surface area contributed by atoms with E-state index in [1.807, 2.05) is 25.2 Å². The van der Waals surface area contributed by atoms with Crippen molar-refractivity contribution in [1.82, 2.24) is 5.32 Å². The Balaban J connectivity index is 2.11. The molecule has 2 nitrogen and oxygen atoms in total. The minimum absolute atomic E-state index is 0.589. The van der Waals surface area contributed by atoms with Gasteiger partial charge in [0.25, 0.3) is 0 Å². The third-order valence-electron chi connectivity index (χ3n) is 3.67. The molecule has 21 heavy (non-hydrogen) atoms. The van der Waals surface area contributed by atoms with Gasteiger partial charge in [0, 0.05) is 6.54 Å². The van der Waals surface area contributed by atoms with Gasteiger partial charge in [0.1, 0.15) is 11.5 Å². The molecule has 0 saturated heterocycles. The summed E-state index contributed by atoms with van der Waals surface area (Å²) in [5, 5.41) is 3.14. The van der Waals surface area contributed by atoms with Gasteiger partial charge in [0.05, 0.1) is 4.47 Å². The van der Waals surface area contributed by atoms with Crippen LogP contribution in [0.3, 0.4) is 0 Å². The Labute approximate surface area is 135 Å². The molecule has 0 bridgehead atoms. The zero-order chi connectivity index (χ0) is 15.2. The maximum Gasteiger partial charge on any atom is 0.141 e. The summed E-state index contributed by atoms with van der Waals surface area (Å²) in [7, 11) is 1.94. The van der Waals surface area contributed by atoms with Crippen LogP contribution in [-0.2, 0) is 6.54 Å². The van der Waals surface area contributed by atoms with Gasteiger partial charge in [0.2, 0.25) is 0 Å². The van der Waals surface area contributed by atoms with E-state index in [4.69, 9.17) is 4.74 Å². The van der Waals surface area contributed by atoms with Crippen molar-refractivity contribution in [2.45, 2.75) is 32.7 Å². The van der Waals surface area contributed by atoms with Crippen molar-refractivity contribution in [1.29, 1.82) is 0 Å². The van der Waals surface area contributed by atoms with Crippen molar-refractivity contribution in [2.24, 2.45) is 0 Å². The van der Waals surface area contributed by atoms with E-state index in [0.29, 0.717) is 5.92 Å². The van der Waals surface area contributed by atoms with Gasteiger partial charge in [-0.15, -0.1) is 0 Å². The number of hydrogen-bond acceptors (Lipinski definition) is 2. The van der Waals surface area contributed by atoms with Crippen LogP contribution in [0.4, 0.5) is 0 Å². The predicted molar refractivity (Wildman–Crippen MR) is 92.1 cm³/mol. The summed E-state index contributed by atoms with van der Waals surface area (Å²) in [5.41, 5.74) is 2.58. The van der Waals surface area contributed by atoms with Crippen molar-refractivity contribution in [3.8, 4) is 11.5 Å². The Kier molecular flexibility index (Phi) is 5.83. The SMILES string of the molecule is CCC(C)c1ccc(Oc2ccc(CNC)cc2Br)cc1. The summed E-state index contributed by atoms with van der Waals surface area (Å²) in [6.07, 6.45) is 1.15. The van der Waals surface area contributed by atoms with Gasteiger partial charge < -0.3 is 10.1 Å². The molecule has 2 aromatic carbocycles. The van der Waals surface area contributed by atoms with Crippen LogP contribution in [0.25, 0.3) is 0 Å². The minimum atomic E-state index is 0.589. The fourth-order valence-electron chi connectivity index (χ4n) is 2.17. The molecule has 0 saturated carbocycles. The summed E-state index contributed by atoms with van der Waals surface area (Å²) in [4.78, 5) is 0. The van der Waals surface area contributed by atoms with Crippen molar-refractivity contribution in [3.63, 3.8) is 0 Å². The van der Waals surface area contributed by atoms with Gasteiger partial charge in [-0.25, -0.2) is 0 Å². The maximum atomic E-state index is 5.94. The molecular weight excluding hydrogens is 326 g/mol. The first-order valence-corrected chi connectivity index (χ1v) is 8.14. The summed E-state index contributed by atoms with van der Waals surface area (Å²) in [6, 6.07) is 14.5. The predicted octanol–water partition coefficient (Wildman–Crippen LogP) is 5.47. The van der Waals surface area contributed by atoms with Gasteiger partial charge in [-0.3, -0.25) is 0 Å². The zero-order valence-corrected chi connectivity index (χ0v) is 14.4. The Bertz CT molecular complexity index is 580. The lowest BCUT2D eigenvalue weighted by Gasteiger charge is -2.12. The van der Waals surface area contributed by atoms with Crippen LogP contribution in [0.15, 0.2) is 46.9 Å². The molecule has 0 heterocycles. The average Bonchev–Trinajstić information content (AvgIpc) is 2.50. The van der Waals surface area contributed by atoms with Crippen LogP contribution in [0.2, 0.25) is 0 Å². The highest BCUT2D eigenvalue weighted by molar-refractivity contribution is 9.10. The second-order valence-corrected chi connectivity index (χ2v) is 6.13. The smallest absolute Gasteiger partial charge is 0.141 e. The molecule has 2 rings (SSSR count). The molecule has 0 spiro atoms. The highest BCUT2D eigenvalue weighted by Gasteiger charge is 2.06. The largest absolute Gasteiger partial charge is 0.456 e. The van der Waals surface area contributed by atoms with E-state index in [2.05, 4.69) is 59.4 Å². The van der Waals surface area contributed by atoms with Crippen LogP contribution in [0.1, 0.15) is 37.3 Å².